The van der Waals surface area contributed by atoms with Gasteiger partial charge in [-0.05, 0) is 31.7 Å². The first-order valence-corrected chi connectivity index (χ1v) is 9.23. The van der Waals surface area contributed by atoms with Crippen molar-refractivity contribution in [1.29, 1.82) is 0 Å². The van der Waals surface area contributed by atoms with Crippen molar-refractivity contribution in [3.8, 4) is 0 Å². The van der Waals surface area contributed by atoms with Crippen molar-refractivity contribution in [3.63, 3.8) is 0 Å². The van der Waals surface area contributed by atoms with Crippen LogP contribution in [0.1, 0.15) is 38.1 Å². The smallest absolute Gasteiger partial charge is 0.327 e. The molecular formula is C17H22N2O4S. The summed E-state index contributed by atoms with van der Waals surface area (Å²) >= 11 is 1.52. The van der Waals surface area contributed by atoms with E-state index in [0.717, 1.165) is 4.88 Å². The number of nitrogens with one attached hydrogen (secondary N) is 1. The molecule has 2 fully saturated rings. The van der Waals surface area contributed by atoms with Crippen LogP contribution in [-0.2, 0) is 19.1 Å². The first kappa shape index (κ1) is 17.1. The predicted octanol–water partition coefficient (Wildman–Crippen LogP) is 1.73. The van der Waals surface area contributed by atoms with Gasteiger partial charge in [-0.1, -0.05) is 13.0 Å². The Morgan fingerprint density at radius 3 is 2.62 bits per heavy atom. The van der Waals surface area contributed by atoms with Crippen LogP contribution in [0.15, 0.2) is 17.5 Å². The van der Waals surface area contributed by atoms with Gasteiger partial charge in [0, 0.05) is 11.4 Å². The first-order chi connectivity index (χ1) is 11.5. The van der Waals surface area contributed by atoms with Crippen LogP contribution >= 0.6 is 11.3 Å². The van der Waals surface area contributed by atoms with E-state index in [1.165, 1.54) is 16.2 Å². The number of carbonyl (C=O) groups is 3. The molecule has 2 aliphatic rings. The minimum Gasteiger partial charge on any atom is -0.465 e. The third kappa shape index (κ3) is 2.22. The minimum absolute atomic E-state index is 0.196. The summed E-state index contributed by atoms with van der Waals surface area (Å²) in [5.41, 5.74) is -1.15. The molecule has 0 aliphatic carbocycles. The number of hydrogen-bond donors (Lipinski definition) is 1. The molecule has 2 amide bonds. The van der Waals surface area contributed by atoms with E-state index in [0.29, 0.717) is 13.0 Å². The van der Waals surface area contributed by atoms with Gasteiger partial charge < -0.3 is 4.74 Å². The highest BCUT2D eigenvalue weighted by molar-refractivity contribution is 7.10. The average Bonchev–Trinajstić information content (AvgIpc) is 3.25. The van der Waals surface area contributed by atoms with E-state index in [9.17, 15) is 14.4 Å². The summed E-state index contributed by atoms with van der Waals surface area (Å²) in [5, 5.41) is 5.25. The average molecular weight is 350 g/mol. The molecule has 130 valence electrons. The van der Waals surface area contributed by atoms with Gasteiger partial charge >= 0.3 is 5.97 Å². The molecule has 2 aliphatic heterocycles. The van der Waals surface area contributed by atoms with Crippen molar-refractivity contribution < 1.29 is 19.1 Å². The quantitative estimate of drug-likeness (QED) is 0.646. The number of carbonyl (C=O) groups excluding carboxylic acids is 3. The Morgan fingerprint density at radius 1 is 1.33 bits per heavy atom. The third-order valence-corrected chi connectivity index (χ3v) is 6.06. The molecule has 1 aromatic rings. The zero-order valence-corrected chi connectivity index (χ0v) is 14.9. The van der Waals surface area contributed by atoms with Gasteiger partial charge in [-0.25, -0.2) is 0 Å². The van der Waals surface area contributed by atoms with E-state index in [1.807, 2.05) is 24.4 Å². The number of amides is 2. The number of thiophene rings is 1. The Morgan fingerprint density at radius 2 is 2.08 bits per heavy atom. The molecule has 0 bridgehead atoms. The van der Waals surface area contributed by atoms with Crippen LogP contribution in [-0.4, -0.2) is 41.4 Å². The van der Waals surface area contributed by atoms with E-state index in [1.54, 1.807) is 13.8 Å². The van der Waals surface area contributed by atoms with Crippen molar-refractivity contribution in [2.75, 3.05) is 13.2 Å². The molecule has 24 heavy (non-hydrogen) atoms. The summed E-state index contributed by atoms with van der Waals surface area (Å²) in [4.78, 5) is 40.7. The molecule has 3 rings (SSSR count). The summed E-state index contributed by atoms with van der Waals surface area (Å²) in [6, 6.07) is 3.50. The summed E-state index contributed by atoms with van der Waals surface area (Å²) in [5.74, 6) is -2.17. The number of likely N-dealkylation sites (tertiary alicyclic amines) is 1. The standard InChI is InChI=1S/C17H22N2O4S/c1-4-17(16(22)23-6-3)12-11(14(20)19(5-2)15(12)21)13(18-17)10-8-7-9-24-10/h7-9,11-13,18H,4-6H2,1-3H3. The molecule has 2 saturated heterocycles. The highest BCUT2D eigenvalue weighted by Gasteiger charge is 2.68. The normalized spacial score (nSPS) is 32.3. The Hall–Kier alpha value is -1.73. The molecule has 0 aromatic carbocycles. The fourth-order valence-electron chi connectivity index (χ4n) is 4.00. The third-order valence-electron chi connectivity index (χ3n) is 5.11. The van der Waals surface area contributed by atoms with Crippen molar-refractivity contribution in [2.45, 2.75) is 38.8 Å². The molecule has 6 nitrogen and oxygen atoms in total. The number of esters is 1. The van der Waals surface area contributed by atoms with Crippen LogP contribution < -0.4 is 5.32 Å². The Kier molecular flexibility index (Phi) is 4.48. The summed E-state index contributed by atoms with van der Waals surface area (Å²) in [7, 11) is 0. The van der Waals surface area contributed by atoms with Gasteiger partial charge in [0.1, 0.15) is 5.54 Å². The fraction of sp³-hybridized carbons (Fsp3) is 0.588. The number of ether oxygens (including phenoxy) is 1. The number of nitrogens with zero attached hydrogens (tertiary/aromatic N) is 1. The number of imide groups is 1. The topological polar surface area (TPSA) is 75.7 Å². The van der Waals surface area contributed by atoms with Gasteiger partial charge in [0.05, 0.1) is 24.5 Å². The molecule has 0 radical (unpaired) electrons. The Balaban J connectivity index is 2.10. The van der Waals surface area contributed by atoms with Crippen molar-refractivity contribution in [1.82, 2.24) is 10.2 Å². The Bertz CT molecular complexity index is 660. The fourth-order valence-corrected chi connectivity index (χ4v) is 4.83. The largest absolute Gasteiger partial charge is 0.465 e. The lowest BCUT2D eigenvalue weighted by atomic mass is 9.78. The van der Waals surface area contributed by atoms with Crippen molar-refractivity contribution >= 4 is 29.1 Å². The monoisotopic (exact) mass is 350 g/mol. The van der Waals surface area contributed by atoms with Crippen LogP contribution in [0.25, 0.3) is 0 Å². The van der Waals surface area contributed by atoms with Crippen molar-refractivity contribution in [2.24, 2.45) is 11.8 Å². The number of rotatable bonds is 5. The van der Waals surface area contributed by atoms with E-state index < -0.39 is 23.3 Å². The van der Waals surface area contributed by atoms with Gasteiger partial charge in [-0.3, -0.25) is 24.6 Å². The second-order valence-corrected chi connectivity index (χ2v) is 7.09. The molecule has 3 heterocycles. The van der Waals surface area contributed by atoms with Crippen LogP contribution in [0.3, 0.4) is 0 Å². The van der Waals surface area contributed by atoms with Crippen LogP contribution in [0.4, 0.5) is 0 Å². The predicted molar refractivity (Wildman–Crippen MR) is 89.2 cm³/mol. The van der Waals surface area contributed by atoms with E-state index in [2.05, 4.69) is 5.32 Å². The molecule has 0 saturated carbocycles. The molecule has 7 heteroatoms. The number of fused-ring (bicyclic) bond motifs is 1. The summed E-state index contributed by atoms with van der Waals surface area (Å²) in [6.07, 6.45) is 0.394. The molecule has 4 unspecified atom stereocenters. The van der Waals surface area contributed by atoms with Crippen LogP contribution in [0, 0.1) is 11.8 Å². The summed E-state index contributed by atoms with van der Waals surface area (Å²) < 4.78 is 5.27. The van der Waals surface area contributed by atoms with Crippen LogP contribution in [0.5, 0.6) is 0 Å². The van der Waals surface area contributed by atoms with E-state index >= 15 is 0 Å². The van der Waals surface area contributed by atoms with Gasteiger partial charge in [0.25, 0.3) is 0 Å². The molecule has 4 atom stereocenters. The van der Waals surface area contributed by atoms with Gasteiger partial charge in [0.15, 0.2) is 0 Å². The Labute approximate surface area is 145 Å². The summed E-state index contributed by atoms with van der Waals surface area (Å²) in [6.45, 7) is 5.93. The van der Waals surface area contributed by atoms with Gasteiger partial charge in [-0.2, -0.15) is 0 Å². The lowest BCUT2D eigenvalue weighted by molar-refractivity contribution is -0.156. The molecular weight excluding hydrogens is 328 g/mol. The van der Waals surface area contributed by atoms with Gasteiger partial charge in [-0.15, -0.1) is 11.3 Å². The molecule has 1 N–H and O–H groups in total. The lowest BCUT2D eigenvalue weighted by Crippen LogP contribution is -2.56. The molecule has 1 aromatic heterocycles. The zero-order chi connectivity index (χ0) is 17.5. The second kappa shape index (κ2) is 6.29. The zero-order valence-electron chi connectivity index (χ0n) is 14.1. The maximum Gasteiger partial charge on any atom is 0.327 e. The second-order valence-electron chi connectivity index (χ2n) is 6.11. The number of hydrogen-bond acceptors (Lipinski definition) is 6. The highest BCUT2D eigenvalue weighted by atomic mass is 32.1. The maximum absolute atomic E-state index is 12.9. The van der Waals surface area contributed by atoms with E-state index in [4.69, 9.17) is 4.74 Å². The lowest BCUT2D eigenvalue weighted by Gasteiger charge is -2.31. The molecule has 0 spiro atoms. The SMILES string of the molecule is CCOC(=O)C1(CC)NC(c2cccs2)C2C(=O)N(CC)C(=O)C21. The van der Waals surface area contributed by atoms with Gasteiger partial charge in [0.2, 0.25) is 11.8 Å². The highest BCUT2D eigenvalue weighted by Crippen LogP contribution is 2.50. The minimum atomic E-state index is -1.15. The maximum atomic E-state index is 12.9. The van der Waals surface area contributed by atoms with E-state index in [-0.39, 0.29) is 24.5 Å². The van der Waals surface area contributed by atoms with Crippen molar-refractivity contribution in [3.05, 3.63) is 22.4 Å². The van der Waals surface area contributed by atoms with Crippen LogP contribution in [0.2, 0.25) is 0 Å². The first-order valence-electron chi connectivity index (χ1n) is 8.35.